The molecular formula is C13H19ClN2O. The predicted molar refractivity (Wildman–Crippen MR) is 71.3 cm³/mol. The van der Waals surface area contributed by atoms with Crippen molar-refractivity contribution in [3.8, 4) is 0 Å². The fraction of sp³-hybridized carbons (Fsp3) is 0.462. The van der Waals surface area contributed by atoms with Crippen molar-refractivity contribution in [2.75, 3.05) is 13.1 Å². The van der Waals surface area contributed by atoms with Gasteiger partial charge >= 0.3 is 0 Å². The van der Waals surface area contributed by atoms with E-state index in [0.29, 0.717) is 23.7 Å². The van der Waals surface area contributed by atoms with Crippen molar-refractivity contribution < 1.29 is 4.79 Å². The van der Waals surface area contributed by atoms with Crippen molar-refractivity contribution in [1.82, 2.24) is 4.90 Å². The zero-order valence-corrected chi connectivity index (χ0v) is 11.1. The quantitative estimate of drug-likeness (QED) is 0.878. The van der Waals surface area contributed by atoms with Crippen molar-refractivity contribution in [2.24, 2.45) is 5.73 Å². The van der Waals surface area contributed by atoms with E-state index >= 15 is 0 Å². The summed E-state index contributed by atoms with van der Waals surface area (Å²) in [7, 11) is 0. The van der Waals surface area contributed by atoms with Gasteiger partial charge in [-0.25, -0.2) is 0 Å². The van der Waals surface area contributed by atoms with Crippen LogP contribution >= 0.6 is 11.6 Å². The fourth-order valence-corrected chi connectivity index (χ4v) is 1.83. The van der Waals surface area contributed by atoms with Crippen molar-refractivity contribution in [3.63, 3.8) is 0 Å². The van der Waals surface area contributed by atoms with Gasteiger partial charge in [0.25, 0.3) is 5.91 Å². The van der Waals surface area contributed by atoms with Gasteiger partial charge in [-0.1, -0.05) is 17.7 Å². The average molecular weight is 255 g/mol. The van der Waals surface area contributed by atoms with Crippen LogP contribution in [0.3, 0.4) is 0 Å². The summed E-state index contributed by atoms with van der Waals surface area (Å²) >= 11 is 5.89. The van der Waals surface area contributed by atoms with Crippen LogP contribution in [-0.2, 0) is 0 Å². The van der Waals surface area contributed by atoms with Crippen molar-refractivity contribution >= 4 is 17.5 Å². The lowest BCUT2D eigenvalue weighted by molar-refractivity contribution is 0.0705. The molecular weight excluding hydrogens is 236 g/mol. The molecule has 0 aromatic heterocycles. The average Bonchev–Trinajstić information content (AvgIpc) is 2.29. The number of carbonyl (C=O) groups is 1. The van der Waals surface area contributed by atoms with Crippen LogP contribution in [0.1, 0.15) is 30.6 Å². The zero-order valence-electron chi connectivity index (χ0n) is 10.3. The number of nitrogens with zero attached hydrogens (tertiary/aromatic N) is 1. The van der Waals surface area contributed by atoms with E-state index in [1.165, 1.54) is 0 Å². The van der Waals surface area contributed by atoms with Crippen LogP contribution < -0.4 is 5.73 Å². The standard InChI is InChI=1S/C13H19ClN2O/c1-10(2)16(8-4-7-15)13(17)11-5-3-6-12(14)9-11/h3,5-6,9-10H,4,7-8,15H2,1-2H3. The summed E-state index contributed by atoms with van der Waals surface area (Å²) < 4.78 is 0. The van der Waals surface area contributed by atoms with Crippen LogP contribution in [0, 0.1) is 0 Å². The van der Waals surface area contributed by atoms with Crippen molar-refractivity contribution in [2.45, 2.75) is 26.3 Å². The van der Waals surface area contributed by atoms with Gasteiger partial charge in [0.2, 0.25) is 0 Å². The third-order valence-corrected chi connectivity index (χ3v) is 2.79. The Balaban J connectivity index is 2.84. The van der Waals surface area contributed by atoms with Gasteiger partial charge in [0.1, 0.15) is 0 Å². The molecule has 0 aliphatic heterocycles. The SMILES string of the molecule is CC(C)N(CCCN)C(=O)c1cccc(Cl)c1. The first kappa shape index (κ1) is 14.0. The molecule has 1 amide bonds. The molecule has 94 valence electrons. The largest absolute Gasteiger partial charge is 0.336 e. The van der Waals surface area contributed by atoms with Gasteiger partial charge in [-0.2, -0.15) is 0 Å². The fourth-order valence-electron chi connectivity index (χ4n) is 1.64. The monoisotopic (exact) mass is 254 g/mol. The number of rotatable bonds is 5. The number of hydrogen-bond acceptors (Lipinski definition) is 2. The molecule has 2 N–H and O–H groups in total. The maximum atomic E-state index is 12.3. The van der Waals surface area contributed by atoms with Crippen LogP contribution in [-0.4, -0.2) is 29.9 Å². The molecule has 0 atom stereocenters. The lowest BCUT2D eigenvalue weighted by Crippen LogP contribution is -2.38. The Morgan fingerprint density at radius 1 is 1.47 bits per heavy atom. The highest BCUT2D eigenvalue weighted by atomic mass is 35.5. The van der Waals surface area contributed by atoms with Crippen molar-refractivity contribution in [1.29, 1.82) is 0 Å². The molecule has 1 aromatic carbocycles. The lowest BCUT2D eigenvalue weighted by Gasteiger charge is -2.26. The van der Waals surface area contributed by atoms with E-state index in [1.54, 1.807) is 24.3 Å². The van der Waals surface area contributed by atoms with Gasteiger partial charge in [0, 0.05) is 23.2 Å². The Kier molecular flexibility index (Phi) is 5.45. The Hall–Kier alpha value is -1.06. The third-order valence-electron chi connectivity index (χ3n) is 2.56. The minimum Gasteiger partial charge on any atom is -0.336 e. The second kappa shape index (κ2) is 6.62. The van der Waals surface area contributed by atoms with Gasteiger partial charge in [-0.05, 0) is 45.0 Å². The Bertz CT molecular complexity index is 379. The van der Waals surface area contributed by atoms with Gasteiger partial charge < -0.3 is 10.6 Å². The Morgan fingerprint density at radius 2 is 2.18 bits per heavy atom. The van der Waals surface area contributed by atoms with E-state index in [9.17, 15) is 4.79 Å². The molecule has 0 fully saturated rings. The number of hydrogen-bond donors (Lipinski definition) is 1. The summed E-state index contributed by atoms with van der Waals surface area (Å²) in [6.07, 6.45) is 0.810. The molecule has 0 bridgehead atoms. The maximum Gasteiger partial charge on any atom is 0.254 e. The van der Waals surface area contributed by atoms with E-state index in [1.807, 2.05) is 18.7 Å². The molecule has 0 aliphatic carbocycles. The van der Waals surface area contributed by atoms with Gasteiger partial charge in [0.05, 0.1) is 0 Å². The van der Waals surface area contributed by atoms with E-state index in [-0.39, 0.29) is 11.9 Å². The van der Waals surface area contributed by atoms with Gasteiger partial charge in [-0.15, -0.1) is 0 Å². The van der Waals surface area contributed by atoms with E-state index in [4.69, 9.17) is 17.3 Å². The number of benzene rings is 1. The normalized spacial score (nSPS) is 10.6. The first-order valence-electron chi connectivity index (χ1n) is 5.83. The molecule has 0 heterocycles. The number of amides is 1. The van der Waals surface area contributed by atoms with Crippen LogP contribution in [0.2, 0.25) is 5.02 Å². The number of halogens is 1. The molecule has 17 heavy (non-hydrogen) atoms. The number of carbonyl (C=O) groups excluding carboxylic acids is 1. The lowest BCUT2D eigenvalue weighted by atomic mass is 10.1. The summed E-state index contributed by atoms with van der Waals surface area (Å²) in [5.74, 6) is 0.0101. The smallest absolute Gasteiger partial charge is 0.254 e. The molecule has 0 radical (unpaired) electrons. The molecule has 0 unspecified atom stereocenters. The van der Waals surface area contributed by atoms with Crippen LogP contribution in [0.4, 0.5) is 0 Å². The molecule has 1 rings (SSSR count). The van der Waals surface area contributed by atoms with Gasteiger partial charge in [-0.3, -0.25) is 4.79 Å². The summed E-state index contributed by atoms with van der Waals surface area (Å²) in [6.45, 7) is 5.27. The highest BCUT2D eigenvalue weighted by Gasteiger charge is 2.18. The summed E-state index contributed by atoms with van der Waals surface area (Å²) in [6, 6.07) is 7.19. The second-order valence-corrected chi connectivity index (χ2v) is 4.68. The molecule has 4 heteroatoms. The molecule has 0 spiro atoms. The first-order chi connectivity index (χ1) is 8.06. The van der Waals surface area contributed by atoms with Gasteiger partial charge in [0.15, 0.2) is 0 Å². The highest BCUT2D eigenvalue weighted by Crippen LogP contribution is 2.14. The Morgan fingerprint density at radius 3 is 2.71 bits per heavy atom. The maximum absolute atomic E-state index is 12.3. The molecule has 3 nitrogen and oxygen atoms in total. The highest BCUT2D eigenvalue weighted by molar-refractivity contribution is 6.30. The van der Waals surface area contributed by atoms with Crippen LogP contribution in [0.5, 0.6) is 0 Å². The van der Waals surface area contributed by atoms with E-state index in [0.717, 1.165) is 6.42 Å². The summed E-state index contributed by atoms with van der Waals surface area (Å²) in [5.41, 5.74) is 6.11. The van der Waals surface area contributed by atoms with Crippen LogP contribution in [0.15, 0.2) is 24.3 Å². The van der Waals surface area contributed by atoms with E-state index in [2.05, 4.69) is 0 Å². The molecule has 0 saturated heterocycles. The van der Waals surface area contributed by atoms with Crippen molar-refractivity contribution in [3.05, 3.63) is 34.9 Å². The summed E-state index contributed by atoms with van der Waals surface area (Å²) in [5, 5.41) is 0.582. The predicted octanol–water partition coefficient (Wildman–Crippen LogP) is 2.54. The molecule has 0 aliphatic rings. The Labute approximate surface area is 108 Å². The first-order valence-corrected chi connectivity index (χ1v) is 6.20. The second-order valence-electron chi connectivity index (χ2n) is 4.24. The minimum absolute atomic E-state index is 0.0101. The third kappa shape index (κ3) is 4.02. The number of nitrogens with two attached hydrogens (primary N) is 1. The molecule has 0 saturated carbocycles. The topological polar surface area (TPSA) is 46.3 Å². The van der Waals surface area contributed by atoms with Crippen LogP contribution in [0.25, 0.3) is 0 Å². The van der Waals surface area contributed by atoms with E-state index < -0.39 is 0 Å². The zero-order chi connectivity index (χ0) is 12.8. The summed E-state index contributed by atoms with van der Waals surface area (Å²) in [4.78, 5) is 14.1. The molecule has 1 aromatic rings. The minimum atomic E-state index is 0.0101.